The van der Waals surface area contributed by atoms with E-state index in [0.29, 0.717) is 6.42 Å². The molecule has 0 saturated carbocycles. The van der Waals surface area contributed by atoms with E-state index in [1.807, 2.05) is 12.1 Å². The predicted molar refractivity (Wildman–Crippen MR) is 70.2 cm³/mol. The van der Waals surface area contributed by atoms with Gasteiger partial charge in [-0.3, -0.25) is 14.6 Å². The van der Waals surface area contributed by atoms with Crippen LogP contribution in [0.3, 0.4) is 0 Å². The molecule has 0 aromatic carbocycles. The van der Waals surface area contributed by atoms with Crippen molar-refractivity contribution >= 4 is 30.7 Å². The molecule has 1 aromatic heterocycles. The van der Waals surface area contributed by atoms with Gasteiger partial charge in [-0.15, -0.1) is 24.8 Å². The van der Waals surface area contributed by atoms with Crippen molar-refractivity contribution in [1.29, 1.82) is 0 Å². The molecule has 1 aromatic rings. The number of hydrogen-bond donors (Lipinski definition) is 1. The quantitative estimate of drug-likeness (QED) is 0.830. The minimum Gasteiger partial charge on any atom is -0.320 e. The predicted octanol–water partition coefficient (Wildman–Crippen LogP) is 0.815. The molecule has 1 rings (SSSR count). The number of pyridine rings is 1. The third-order valence-corrected chi connectivity index (χ3v) is 2.08. The van der Waals surface area contributed by atoms with Gasteiger partial charge in [0.25, 0.3) is 5.91 Å². The van der Waals surface area contributed by atoms with Crippen LogP contribution in [-0.4, -0.2) is 36.2 Å². The highest BCUT2D eigenvalue weighted by Crippen LogP contribution is 2.01. The molecule has 1 atom stereocenters. The number of carbonyl (C=O) groups is 1. The van der Waals surface area contributed by atoms with Gasteiger partial charge in [0.15, 0.2) is 0 Å². The molecular formula is C10H17Cl2N3O2. The van der Waals surface area contributed by atoms with Crippen molar-refractivity contribution in [3.63, 3.8) is 0 Å². The number of hydroxylamine groups is 2. The molecule has 98 valence electrons. The van der Waals surface area contributed by atoms with Crippen LogP contribution in [-0.2, 0) is 16.1 Å². The lowest BCUT2D eigenvalue weighted by Gasteiger charge is -2.18. The van der Waals surface area contributed by atoms with Crippen LogP contribution in [0.4, 0.5) is 0 Å². The fourth-order valence-corrected chi connectivity index (χ4v) is 1.18. The summed E-state index contributed by atoms with van der Waals surface area (Å²) in [6.45, 7) is 0. The fourth-order valence-electron chi connectivity index (χ4n) is 1.18. The lowest BCUT2D eigenvalue weighted by molar-refractivity contribution is -0.170. The second-order valence-electron chi connectivity index (χ2n) is 3.19. The molecule has 0 aliphatic carbocycles. The van der Waals surface area contributed by atoms with E-state index in [1.165, 1.54) is 14.2 Å². The lowest BCUT2D eigenvalue weighted by atomic mass is 10.1. The summed E-state index contributed by atoms with van der Waals surface area (Å²) in [5.74, 6) is -0.249. The van der Waals surface area contributed by atoms with Crippen LogP contribution in [0.1, 0.15) is 5.56 Å². The van der Waals surface area contributed by atoms with Gasteiger partial charge < -0.3 is 5.73 Å². The minimum atomic E-state index is -0.598. The van der Waals surface area contributed by atoms with Crippen LogP contribution >= 0.6 is 24.8 Å². The van der Waals surface area contributed by atoms with E-state index in [1.54, 1.807) is 12.4 Å². The van der Waals surface area contributed by atoms with Crippen molar-refractivity contribution in [2.45, 2.75) is 12.5 Å². The summed E-state index contributed by atoms with van der Waals surface area (Å²) in [5, 5.41) is 1.13. The van der Waals surface area contributed by atoms with Crippen LogP contribution in [0, 0.1) is 0 Å². The van der Waals surface area contributed by atoms with Crippen molar-refractivity contribution in [2.24, 2.45) is 5.73 Å². The number of carbonyl (C=O) groups excluding carboxylic acids is 1. The molecule has 0 aliphatic rings. The summed E-state index contributed by atoms with van der Waals surface area (Å²) in [5.41, 5.74) is 6.66. The second kappa shape index (κ2) is 9.18. The van der Waals surface area contributed by atoms with Gasteiger partial charge in [-0.05, 0) is 18.1 Å². The van der Waals surface area contributed by atoms with Crippen molar-refractivity contribution in [3.05, 3.63) is 30.1 Å². The van der Waals surface area contributed by atoms with E-state index in [2.05, 4.69) is 4.98 Å². The van der Waals surface area contributed by atoms with Crippen molar-refractivity contribution in [1.82, 2.24) is 10.0 Å². The van der Waals surface area contributed by atoms with E-state index in [-0.39, 0.29) is 30.7 Å². The maximum absolute atomic E-state index is 11.5. The molecule has 5 nitrogen and oxygen atoms in total. The number of likely N-dealkylation sites (N-methyl/N-ethyl adjacent to an activating group) is 1. The Bertz CT molecular complexity index is 325. The molecule has 0 unspecified atom stereocenters. The van der Waals surface area contributed by atoms with Gasteiger partial charge in [0.2, 0.25) is 0 Å². The molecule has 2 N–H and O–H groups in total. The number of nitrogens with two attached hydrogens (primary N) is 1. The van der Waals surface area contributed by atoms with Crippen molar-refractivity contribution in [3.8, 4) is 0 Å². The van der Waals surface area contributed by atoms with E-state index in [9.17, 15) is 4.79 Å². The third-order valence-electron chi connectivity index (χ3n) is 2.08. The average Bonchev–Trinajstić information content (AvgIpc) is 2.28. The number of hydrogen-bond acceptors (Lipinski definition) is 4. The van der Waals surface area contributed by atoms with E-state index >= 15 is 0 Å². The van der Waals surface area contributed by atoms with E-state index in [0.717, 1.165) is 10.6 Å². The Balaban J connectivity index is 0. The lowest BCUT2D eigenvalue weighted by Crippen LogP contribution is -2.42. The Hall–Kier alpha value is -0.880. The van der Waals surface area contributed by atoms with E-state index < -0.39 is 6.04 Å². The maximum Gasteiger partial charge on any atom is 0.263 e. The highest BCUT2D eigenvalue weighted by atomic mass is 35.5. The number of rotatable bonds is 4. The summed E-state index contributed by atoms with van der Waals surface area (Å²) in [6.07, 6.45) is 3.83. The first-order valence-corrected chi connectivity index (χ1v) is 4.61. The van der Waals surface area contributed by atoms with E-state index in [4.69, 9.17) is 10.6 Å². The van der Waals surface area contributed by atoms with Gasteiger partial charge in [0, 0.05) is 19.4 Å². The molecule has 0 spiro atoms. The van der Waals surface area contributed by atoms with Gasteiger partial charge in [-0.25, -0.2) is 5.06 Å². The largest absolute Gasteiger partial charge is 0.320 e. The fraction of sp³-hybridized carbons (Fsp3) is 0.400. The molecule has 1 amide bonds. The molecular weight excluding hydrogens is 265 g/mol. The zero-order chi connectivity index (χ0) is 11.3. The minimum absolute atomic E-state index is 0. The Labute approximate surface area is 113 Å². The first kappa shape index (κ1) is 18.5. The highest BCUT2D eigenvalue weighted by Gasteiger charge is 2.18. The first-order valence-electron chi connectivity index (χ1n) is 4.61. The zero-order valence-electron chi connectivity index (χ0n) is 9.70. The van der Waals surface area contributed by atoms with Gasteiger partial charge in [0.1, 0.15) is 0 Å². The molecule has 7 heteroatoms. The van der Waals surface area contributed by atoms with Crippen LogP contribution in [0.15, 0.2) is 24.5 Å². The SMILES string of the molecule is CON(C)C(=O)[C@@H](N)Cc1cccnc1.Cl.Cl. The topological polar surface area (TPSA) is 68.5 Å². The summed E-state index contributed by atoms with van der Waals surface area (Å²) >= 11 is 0. The van der Waals surface area contributed by atoms with Crippen molar-refractivity contribution in [2.75, 3.05) is 14.2 Å². The monoisotopic (exact) mass is 281 g/mol. The zero-order valence-corrected chi connectivity index (χ0v) is 11.3. The van der Waals surface area contributed by atoms with Gasteiger partial charge in [0.05, 0.1) is 13.2 Å². The average molecular weight is 282 g/mol. The smallest absolute Gasteiger partial charge is 0.263 e. The Morgan fingerprint density at radius 2 is 2.24 bits per heavy atom. The molecule has 1 heterocycles. The van der Waals surface area contributed by atoms with Crippen LogP contribution in [0.2, 0.25) is 0 Å². The number of aromatic nitrogens is 1. The van der Waals surface area contributed by atoms with Crippen molar-refractivity contribution < 1.29 is 9.63 Å². The van der Waals surface area contributed by atoms with Gasteiger partial charge >= 0.3 is 0 Å². The third kappa shape index (κ3) is 5.83. The van der Waals surface area contributed by atoms with Gasteiger partial charge in [-0.2, -0.15) is 0 Å². The van der Waals surface area contributed by atoms with Crippen LogP contribution in [0.5, 0.6) is 0 Å². The Morgan fingerprint density at radius 3 is 2.71 bits per heavy atom. The second-order valence-corrected chi connectivity index (χ2v) is 3.19. The van der Waals surface area contributed by atoms with Gasteiger partial charge in [-0.1, -0.05) is 6.07 Å². The molecule has 0 radical (unpaired) electrons. The van der Waals surface area contributed by atoms with Crippen LogP contribution in [0.25, 0.3) is 0 Å². The summed E-state index contributed by atoms with van der Waals surface area (Å²) in [7, 11) is 2.96. The highest BCUT2D eigenvalue weighted by molar-refractivity contribution is 5.85. The first-order chi connectivity index (χ1) is 7.15. The normalized spacial score (nSPS) is 10.8. The molecule has 0 saturated heterocycles. The summed E-state index contributed by atoms with van der Waals surface area (Å²) in [6, 6.07) is 3.10. The standard InChI is InChI=1S/C10H15N3O2.2ClH/c1-13(15-2)10(14)9(11)6-8-4-3-5-12-7-8;;/h3-5,7,9H,6,11H2,1-2H3;2*1H/t9-;;/m0../s1. The molecule has 0 aliphatic heterocycles. The molecule has 17 heavy (non-hydrogen) atoms. The molecule has 0 fully saturated rings. The summed E-state index contributed by atoms with van der Waals surface area (Å²) < 4.78 is 0. The Kier molecular flexibility index (Phi) is 9.98. The maximum atomic E-state index is 11.5. The number of halogens is 2. The molecule has 0 bridgehead atoms. The number of nitrogens with zero attached hydrogens (tertiary/aromatic N) is 2. The van der Waals surface area contributed by atoms with Crippen LogP contribution < -0.4 is 5.73 Å². The number of amides is 1. The summed E-state index contributed by atoms with van der Waals surface area (Å²) in [4.78, 5) is 20.2. The Morgan fingerprint density at radius 1 is 1.59 bits per heavy atom.